The van der Waals surface area contributed by atoms with Gasteiger partial charge in [0.2, 0.25) is 0 Å². The van der Waals surface area contributed by atoms with Crippen molar-refractivity contribution in [3.8, 4) is 0 Å². The fourth-order valence-corrected chi connectivity index (χ4v) is 2.66. The lowest BCUT2D eigenvalue weighted by molar-refractivity contribution is 0.418. The van der Waals surface area contributed by atoms with Gasteiger partial charge in [0.15, 0.2) is 0 Å². The molecule has 0 fully saturated rings. The normalized spacial score (nSPS) is 21.6. The van der Waals surface area contributed by atoms with Crippen molar-refractivity contribution in [2.75, 3.05) is 0 Å². The molecule has 0 saturated heterocycles. The molecule has 0 aliphatic carbocycles. The van der Waals surface area contributed by atoms with E-state index >= 15 is 0 Å². The average Bonchev–Trinajstić information content (AvgIpc) is 2.45. The summed E-state index contributed by atoms with van der Waals surface area (Å²) in [5.41, 5.74) is 6.96. The number of fused-ring (bicyclic) bond motifs is 1. The molecule has 0 aromatic carbocycles. The van der Waals surface area contributed by atoms with Crippen LogP contribution in [0.1, 0.15) is 37.3 Å². The fraction of sp³-hybridized carbons (Fsp3) is 0.667. The molecule has 1 aromatic heterocycles. The molecule has 0 spiro atoms. The van der Waals surface area contributed by atoms with Crippen molar-refractivity contribution in [1.29, 1.82) is 0 Å². The molecule has 0 amide bonds. The van der Waals surface area contributed by atoms with Gasteiger partial charge >= 0.3 is 0 Å². The fourth-order valence-electron chi connectivity index (χ4n) is 2.07. The molecule has 2 N–H and O–H groups in total. The molecular formula is C9H14BrN3. The van der Waals surface area contributed by atoms with Gasteiger partial charge in [-0.05, 0) is 42.1 Å². The molecule has 1 aromatic rings. The molecule has 4 heteroatoms. The topological polar surface area (TPSA) is 43.8 Å². The molecule has 0 radical (unpaired) electrons. The second kappa shape index (κ2) is 3.42. The van der Waals surface area contributed by atoms with Crippen molar-refractivity contribution in [2.45, 2.75) is 38.8 Å². The van der Waals surface area contributed by atoms with Crippen molar-refractivity contribution in [3.63, 3.8) is 0 Å². The number of aromatic nitrogens is 2. The molecule has 1 atom stereocenters. The number of nitrogens with two attached hydrogens (primary N) is 1. The van der Waals surface area contributed by atoms with Gasteiger partial charge in [-0.3, -0.25) is 0 Å². The molecule has 2 heterocycles. The predicted molar refractivity (Wildman–Crippen MR) is 55.5 cm³/mol. The standard InChI is InChI=1S/C9H14BrN3/c1-6-3-2-4-7-9(10)12-8(5-11)13(6)7/h6H,2-5,11H2,1H3. The van der Waals surface area contributed by atoms with Gasteiger partial charge in [0, 0.05) is 6.04 Å². The van der Waals surface area contributed by atoms with E-state index in [1.807, 2.05) is 0 Å². The SMILES string of the molecule is CC1CCCc2c(Br)nc(CN)n21. The zero-order valence-corrected chi connectivity index (χ0v) is 9.34. The van der Waals surface area contributed by atoms with E-state index < -0.39 is 0 Å². The van der Waals surface area contributed by atoms with Crippen LogP contribution in [0.15, 0.2) is 4.60 Å². The Hall–Kier alpha value is -0.350. The molecule has 1 unspecified atom stereocenters. The van der Waals surface area contributed by atoms with Crippen molar-refractivity contribution in [3.05, 3.63) is 16.1 Å². The monoisotopic (exact) mass is 243 g/mol. The maximum absolute atomic E-state index is 5.65. The lowest BCUT2D eigenvalue weighted by Crippen LogP contribution is -2.18. The number of halogens is 1. The number of hydrogen-bond donors (Lipinski definition) is 1. The van der Waals surface area contributed by atoms with Crippen LogP contribution in [0.3, 0.4) is 0 Å². The van der Waals surface area contributed by atoms with E-state index in [2.05, 4.69) is 32.4 Å². The number of imidazole rings is 1. The largest absolute Gasteiger partial charge is 0.327 e. The Morgan fingerprint density at radius 1 is 1.69 bits per heavy atom. The molecule has 13 heavy (non-hydrogen) atoms. The molecule has 1 aliphatic heterocycles. The Labute approximate surface area is 86.5 Å². The Balaban J connectivity index is 2.52. The molecule has 0 bridgehead atoms. The summed E-state index contributed by atoms with van der Waals surface area (Å²) < 4.78 is 3.27. The minimum atomic E-state index is 0.531. The Morgan fingerprint density at radius 2 is 2.46 bits per heavy atom. The van der Waals surface area contributed by atoms with Crippen LogP contribution in [-0.2, 0) is 13.0 Å². The van der Waals surface area contributed by atoms with Gasteiger partial charge in [-0.1, -0.05) is 0 Å². The summed E-state index contributed by atoms with van der Waals surface area (Å²) in [6.45, 7) is 2.76. The summed E-state index contributed by atoms with van der Waals surface area (Å²) in [4.78, 5) is 4.42. The second-order valence-corrected chi connectivity index (χ2v) is 4.33. The third kappa shape index (κ3) is 1.42. The Kier molecular flexibility index (Phi) is 2.43. The minimum absolute atomic E-state index is 0.531. The average molecular weight is 244 g/mol. The Morgan fingerprint density at radius 3 is 3.15 bits per heavy atom. The highest BCUT2D eigenvalue weighted by atomic mass is 79.9. The third-order valence-electron chi connectivity index (χ3n) is 2.69. The van der Waals surface area contributed by atoms with Crippen LogP contribution in [0, 0.1) is 0 Å². The van der Waals surface area contributed by atoms with E-state index in [1.54, 1.807) is 0 Å². The van der Waals surface area contributed by atoms with Crippen LogP contribution in [0.4, 0.5) is 0 Å². The highest BCUT2D eigenvalue weighted by molar-refractivity contribution is 9.10. The molecule has 1 aliphatic rings. The summed E-state index contributed by atoms with van der Waals surface area (Å²) in [6.07, 6.45) is 3.62. The summed E-state index contributed by atoms with van der Waals surface area (Å²) in [7, 11) is 0. The predicted octanol–water partition coefficient (Wildman–Crippen LogP) is 2.00. The Bertz CT molecular complexity index is 319. The quantitative estimate of drug-likeness (QED) is 0.821. The summed E-state index contributed by atoms with van der Waals surface area (Å²) in [6, 6.07) is 0.557. The highest BCUT2D eigenvalue weighted by Crippen LogP contribution is 2.30. The molecule has 2 rings (SSSR count). The number of rotatable bonds is 1. The van der Waals surface area contributed by atoms with Crippen molar-refractivity contribution in [1.82, 2.24) is 9.55 Å². The lowest BCUT2D eigenvalue weighted by Gasteiger charge is -2.23. The van der Waals surface area contributed by atoms with E-state index in [4.69, 9.17) is 5.73 Å². The lowest BCUT2D eigenvalue weighted by atomic mass is 10.0. The second-order valence-electron chi connectivity index (χ2n) is 3.58. The molecular weight excluding hydrogens is 230 g/mol. The van der Waals surface area contributed by atoms with Gasteiger partial charge in [-0.15, -0.1) is 0 Å². The van der Waals surface area contributed by atoms with Crippen molar-refractivity contribution < 1.29 is 0 Å². The van der Waals surface area contributed by atoms with Gasteiger partial charge in [0.25, 0.3) is 0 Å². The van der Waals surface area contributed by atoms with Crippen molar-refractivity contribution >= 4 is 15.9 Å². The summed E-state index contributed by atoms with van der Waals surface area (Å²) in [5.74, 6) is 1.01. The minimum Gasteiger partial charge on any atom is -0.327 e. The molecule has 0 saturated carbocycles. The maximum Gasteiger partial charge on any atom is 0.127 e. The van der Waals surface area contributed by atoms with Crippen LogP contribution >= 0.6 is 15.9 Å². The van der Waals surface area contributed by atoms with Crippen LogP contribution in [0.2, 0.25) is 0 Å². The summed E-state index contributed by atoms with van der Waals surface area (Å²) >= 11 is 3.48. The smallest absolute Gasteiger partial charge is 0.127 e. The zero-order chi connectivity index (χ0) is 9.42. The first-order valence-electron chi connectivity index (χ1n) is 4.69. The molecule has 3 nitrogen and oxygen atoms in total. The summed E-state index contributed by atoms with van der Waals surface area (Å²) in [5, 5.41) is 0. The van der Waals surface area contributed by atoms with Crippen LogP contribution in [0.5, 0.6) is 0 Å². The van der Waals surface area contributed by atoms with Gasteiger partial charge in [-0.25, -0.2) is 4.98 Å². The first-order chi connectivity index (χ1) is 6.24. The molecule has 72 valence electrons. The van der Waals surface area contributed by atoms with Crippen molar-refractivity contribution in [2.24, 2.45) is 5.73 Å². The van der Waals surface area contributed by atoms with Crippen LogP contribution in [0.25, 0.3) is 0 Å². The zero-order valence-electron chi connectivity index (χ0n) is 7.76. The number of hydrogen-bond acceptors (Lipinski definition) is 2. The van der Waals surface area contributed by atoms with Crippen LogP contribution < -0.4 is 5.73 Å². The first kappa shape index (κ1) is 9.21. The van der Waals surface area contributed by atoms with Gasteiger partial charge in [0.1, 0.15) is 10.4 Å². The highest BCUT2D eigenvalue weighted by Gasteiger charge is 2.22. The van der Waals surface area contributed by atoms with Crippen LogP contribution in [-0.4, -0.2) is 9.55 Å². The van der Waals surface area contributed by atoms with E-state index in [9.17, 15) is 0 Å². The van der Waals surface area contributed by atoms with E-state index in [1.165, 1.54) is 18.5 Å². The van der Waals surface area contributed by atoms with E-state index in [0.717, 1.165) is 16.8 Å². The maximum atomic E-state index is 5.65. The van der Waals surface area contributed by atoms with Gasteiger partial charge in [-0.2, -0.15) is 0 Å². The first-order valence-corrected chi connectivity index (χ1v) is 5.49. The van der Waals surface area contributed by atoms with E-state index in [0.29, 0.717) is 12.6 Å². The van der Waals surface area contributed by atoms with E-state index in [-0.39, 0.29) is 0 Å². The third-order valence-corrected chi connectivity index (χ3v) is 3.33. The van der Waals surface area contributed by atoms with Gasteiger partial charge < -0.3 is 10.3 Å². The number of nitrogens with zero attached hydrogens (tertiary/aromatic N) is 2. The van der Waals surface area contributed by atoms with Gasteiger partial charge in [0.05, 0.1) is 12.2 Å².